The lowest BCUT2D eigenvalue weighted by Crippen LogP contribution is -2.01. The van der Waals surface area contributed by atoms with E-state index in [0.29, 0.717) is 17.5 Å². The highest BCUT2D eigenvalue weighted by Crippen LogP contribution is 2.13. The van der Waals surface area contributed by atoms with Crippen molar-refractivity contribution in [1.29, 1.82) is 0 Å². The Morgan fingerprint density at radius 1 is 1.47 bits per heavy atom. The Hall–Kier alpha value is -1.20. The van der Waals surface area contributed by atoms with Crippen molar-refractivity contribution in [3.8, 4) is 0 Å². The fourth-order valence-corrected chi connectivity index (χ4v) is 1.89. The van der Waals surface area contributed by atoms with Crippen molar-refractivity contribution in [2.75, 3.05) is 5.32 Å². The van der Waals surface area contributed by atoms with Crippen LogP contribution in [0.25, 0.3) is 0 Å². The van der Waals surface area contributed by atoms with Gasteiger partial charge in [-0.2, -0.15) is 0 Å². The topological polar surface area (TPSA) is 50.7 Å². The van der Waals surface area contributed by atoms with Gasteiger partial charge < -0.3 is 5.32 Å². The van der Waals surface area contributed by atoms with Crippen molar-refractivity contribution in [3.63, 3.8) is 0 Å². The van der Waals surface area contributed by atoms with Gasteiger partial charge in [0.25, 0.3) is 0 Å². The Morgan fingerprint density at radius 2 is 2.33 bits per heavy atom. The average molecular weight is 241 g/mol. The van der Waals surface area contributed by atoms with E-state index in [1.165, 1.54) is 0 Å². The number of nitrogens with one attached hydrogen (secondary N) is 1. The number of nitrogens with zero attached hydrogens (tertiary/aromatic N) is 3. The lowest BCUT2D eigenvalue weighted by molar-refractivity contribution is 1.03. The number of aromatic nitrogens is 3. The zero-order valence-corrected chi connectivity index (χ0v) is 9.64. The van der Waals surface area contributed by atoms with Crippen LogP contribution >= 0.6 is 22.9 Å². The maximum Gasteiger partial charge on any atom is 0.134 e. The summed E-state index contributed by atoms with van der Waals surface area (Å²) in [5, 5.41) is 3.62. The first-order valence-electron chi connectivity index (χ1n) is 4.36. The van der Waals surface area contributed by atoms with Crippen LogP contribution in [0.3, 0.4) is 0 Å². The standard InChI is InChI=1S/C9H9ClN4S/c1-6-13-8(10)2-9(14-6)12-4-7-3-11-5-15-7/h2-3,5H,4H2,1H3,(H,12,13,14). The summed E-state index contributed by atoms with van der Waals surface area (Å²) in [5.74, 6) is 1.40. The van der Waals surface area contributed by atoms with Gasteiger partial charge in [-0.15, -0.1) is 11.3 Å². The predicted octanol–water partition coefficient (Wildman–Crippen LogP) is 2.51. The Kier molecular flexibility index (Phi) is 3.13. The second kappa shape index (κ2) is 4.55. The van der Waals surface area contributed by atoms with Crippen LogP contribution in [-0.2, 0) is 6.54 Å². The van der Waals surface area contributed by atoms with Crippen LogP contribution in [0.15, 0.2) is 17.8 Å². The van der Waals surface area contributed by atoms with Gasteiger partial charge in [-0.05, 0) is 6.92 Å². The largest absolute Gasteiger partial charge is 0.365 e. The van der Waals surface area contributed by atoms with Gasteiger partial charge in [0.2, 0.25) is 0 Å². The minimum absolute atomic E-state index is 0.453. The molecular weight excluding hydrogens is 232 g/mol. The molecule has 2 aromatic heterocycles. The predicted molar refractivity (Wildman–Crippen MR) is 61.2 cm³/mol. The van der Waals surface area contributed by atoms with Crippen LogP contribution in [0.2, 0.25) is 5.15 Å². The highest BCUT2D eigenvalue weighted by Gasteiger charge is 2.00. The number of rotatable bonds is 3. The molecule has 0 fully saturated rings. The van der Waals surface area contributed by atoms with Crippen molar-refractivity contribution in [1.82, 2.24) is 15.0 Å². The van der Waals surface area contributed by atoms with Gasteiger partial charge in [-0.25, -0.2) is 9.97 Å². The Labute approximate surface area is 96.4 Å². The van der Waals surface area contributed by atoms with Gasteiger partial charge in [-0.3, -0.25) is 4.98 Å². The molecule has 0 aliphatic rings. The minimum Gasteiger partial charge on any atom is -0.365 e. The first-order valence-corrected chi connectivity index (χ1v) is 5.62. The molecule has 78 valence electrons. The van der Waals surface area contributed by atoms with Crippen molar-refractivity contribution in [3.05, 3.63) is 33.6 Å². The van der Waals surface area contributed by atoms with E-state index >= 15 is 0 Å². The van der Waals surface area contributed by atoms with Crippen molar-refractivity contribution >= 4 is 28.8 Å². The van der Waals surface area contributed by atoms with Gasteiger partial charge in [0.1, 0.15) is 16.8 Å². The molecule has 2 rings (SSSR count). The summed E-state index contributed by atoms with van der Waals surface area (Å²) in [6, 6.07) is 1.70. The quantitative estimate of drug-likeness (QED) is 0.838. The van der Waals surface area contributed by atoms with Crippen LogP contribution in [0.5, 0.6) is 0 Å². The summed E-state index contributed by atoms with van der Waals surface area (Å²) in [6.07, 6.45) is 1.83. The third kappa shape index (κ3) is 2.87. The summed E-state index contributed by atoms with van der Waals surface area (Å²) in [7, 11) is 0. The first kappa shape index (κ1) is 10.3. The minimum atomic E-state index is 0.453. The second-order valence-electron chi connectivity index (χ2n) is 2.94. The van der Waals surface area contributed by atoms with Crippen LogP contribution < -0.4 is 5.32 Å². The van der Waals surface area contributed by atoms with Gasteiger partial charge in [-0.1, -0.05) is 11.6 Å². The third-order valence-corrected chi connectivity index (χ3v) is 2.71. The highest BCUT2D eigenvalue weighted by molar-refractivity contribution is 7.09. The van der Waals surface area contributed by atoms with E-state index in [4.69, 9.17) is 11.6 Å². The van der Waals surface area contributed by atoms with Crippen molar-refractivity contribution < 1.29 is 0 Å². The molecule has 2 aromatic rings. The molecule has 1 N–H and O–H groups in total. The molecule has 0 aromatic carbocycles. The molecule has 0 atom stereocenters. The molecule has 0 saturated carbocycles. The summed E-state index contributed by atoms with van der Waals surface area (Å²) in [6.45, 7) is 2.52. The Balaban J connectivity index is 2.05. The van der Waals surface area contributed by atoms with E-state index in [1.807, 2.05) is 13.1 Å². The highest BCUT2D eigenvalue weighted by atomic mass is 35.5. The lowest BCUT2D eigenvalue weighted by Gasteiger charge is -2.04. The number of aryl methyl sites for hydroxylation is 1. The molecule has 6 heteroatoms. The molecule has 0 spiro atoms. The summed E-state index contributed by atoms with van der Waals surface area (Å²) >= 11 is 7.41. The maximum atomic E-state index is 5.81. The number of hydrogen-bond donors (Lipinski definition) is 1. The molecule has 0 radical (unpaired) electrons. The fourth-order valence-electron chi connectivity index (χ4n) is 1.13. The van der Waals surface area contributed by atoms with Crippen LogP contribution in [0.1, 0.15) is 10.7 Å². The molecular formula is C9H9ClN4S. The first-order chi connectivity index (χ1) is 7.24. The summed E-state index contributed by atoms with van der Waals surface area (Å²) in [5.41, 5.74) is 1.80. The molecule has 15 heavy (non-hydrogen) atoms. The molecule has 4 nitrogen and oxygen atoms in total. The van der Waals surface area contributed by atoms with Crippen LogP contribution in [-0.4, -0.2) is 15.0 Å². The zero-order valence-electron chi connectivity index (χ0n) is 8.07. The van der Waals surface area contributed by atoms with Gasteiger partial charge >= 0.3 is 0 Å². The van der Waals surface area contributed by atoms with Crippen LogP contribution in [0, 0.1) is 6.92 Å². The van der Waals surface area contributed by atoms with E-state index in [1.54, 1.807) is 22.9 Å². The lowest BCUT2D eigenvalue weighted by atomic mass is 10.5. The SMILES string of the molecule is Cc1nc(Cl)cc(NCc2cncs2)n1. The molecule has 0 bridgehead atoms. The molecule has 2 heterocycles. The van der Waals surface area contributed by atoms with Gasteiger partial charge in [0.15, 0.2) is 0 Å². The number of halogens is 1. The molecule has 0 amide bonds. The van der Waals surface area contributed by atoms with E-state index < -0.39 is 0 Å². The Morgan fingerprint density at radius 3 is 3.00 bits per heavy atom. The molecule has 0 aliphatic carbocycles. The smallest absolute Gasteiger partial charge is 0.134 e. The zero-order chi connectivity index (χ0) is 10.7. The third-order valence-electron chi connectivity index (χ3n) is 1.73. The van der Waals surface area contributed by atoms with Crippen molar-refractivity contribution in [2.45, 2.75) is 13.5 Å². The van der Waals surface area contributed by atoms with E-state index in [9.17, 15) is 0 Å². The maximum absolute atomic E-state index is 5.81. The van der Waals surface area contributed by atoms with Crippen molar-refractivity contribution in [2.24, 2.45) is 0 Å². The second-order valence-corrected chi connectivity index (χ2v) is 4.30. The average Bonchev–Trinajstić information content (AvgIpc) is 2.65. The normalized spacial score (nSPS) is 10.3. The number of anilines is 1. The fraction of sp³-hybridized carbons (Fsp3) is 0.222. The number of thiazole rings is 1. The summed E-state index contributed by atoms with van der Waals surface area (Å²) in [4.78, 5) is 13.3. The molecule has 0 saturated heterocycles. The monoisotopic (exact) mass is 240 g/mol. The van der Waals surface area contributed by atoms with Gasteiger partial charge in [0.05, 0.1) is 12.1 Å². The Bertz CT molecular complexity index is 423. The summed E-state index contributed by atoms with van der Waals surface area (Å²) < 4.78 is 0. The van der Waals surface area contributed by atoms with E-state index in [-0.39, 0.29) is 0 Å². The van der Waals surface area contributed by atoms with E-state index in [0.717, 1.165) is 10.7 Å². The van der Waals surface area contributed by atoms with E-state index in [2.05, 4.69) is 20.3 Å². The number of hydrogen-bond acceptors (Lipinski definition) is 5. The van der Waals surface area contributed by atoms with Crippen LogP contribution in [0.4, 0.5) is 5.82 Å². The molecule has 0 unspecified atom stereocenters. The van der Waals surface area contributed by atoms with Gasteiger partial charge in [0, 0.05) is 17.1 Å². The molecule has 0 aliphatic heterocycles.